The molecule has 1 fully saturated rings. The molecule has 0 aliphatic carbocycles. The maximum atomic E-state index is 12.3. The van der Waals surface area contributed by atoms with E-state index >= 15 is 0 Å². The van der Waals surface area contributed by atoms with Crippen LogP contribution in [0.1, 0.15) is 12.0 Å². The molecule has 21 heavy (non-hydrogen) atoms. The summed E-state index contributed by atoms with van der Waals surface area (Å²) in [6, 6.07) is 9.09. The number of methoxy groups -OCH3 is 1. The minimum absolute atomic E-state index is 0.0645. The Morgan fingerprint density at radius 3 is 2.81 bits per heavy atom. The summed E-state index contributed by atoms with van der Waals surface area (Å²) in [6.07, 6.45) is 0.771. The van der Waals surface area contributed by atoms with Gasteiger partial charge >= 0.3 is 6.09 Å². The van der Waals surface area contributed by atoms with Gasteiger partial charge in [-0.2, -0.15) is 0 Å². The van der Waals surface area contributed by atoms with Crippen molar-refractivity contribution in [2.45, 2.75) is 24.9 Å². The molecule has 114 valence electrons. The van der Waals surface area contributed by atoms with Gasteiger partial charge in [-0.15, -0.1) is 0 Å². The van der Waals surface area contributed by atoms with Gasteiger partial charge in [-0.25, -0.2) is 4.79 Å². The van der Waals surface area contributed by atoms with Crippen molar-refractivity contribution < 1.29 is 14.3 Å². The monoisotopic (exact) mass is 291 g/mol. The number of carbonyl (C=O) groups is 2. The molecule has 1 aliphatic heterocycles. The van der Waals surface area contributed by atoms with E-state index in [0.717, 1.165) is 12.0 Å². The summed E-state index contributed by atoms with van der Waals surface area (Å²) in [5, 5.41) is 2.71. The van der Waals surface area contributed by atoms with E-state index in [1.807, 2.05) is 30.3 Å². The zero-order valence-electron chi connectivity index (χ0n) is 12.1. The number of benzene rings is 1. The van der Waals surface area contributed by atoms with Gasteiger partial charge in [0.15, 0.2) is 0 Å². The normalized spacial score (nSPS) is 19.1. The van der Waals surface area contributed by atoms with E-state index in [9.17, 15) is 9.59 Å². The second kappa shape index (κ2) is 7.08. The predicted molar refractivity (Wildman–Crippen MR) is 78.6 cm³/mol. The number of hydrogen-bond acceptors (Lipinski definition) is 4. The van der Waals surface area contributed by atoms with E-state index in [4.69, 9.17) is 5.73 Å². The van der Waals surface area contributed by atoms with Crippen LogP contribution in [0.2, 0.25) is 0 Å². The van der Waals surface area contributed by atoms with Crippen LogP contribution >= 0.6 is 0 Å². The van der Waals surface area contributed by atoms with Gasteiger partial charge in [0.1, 0.15) is 0 Å². The fourth-order valence-corrected chi connectivity index (χ4v) is 2.49. The lowest BCUT2D eigenvalue weighted by atomic mass is 10.1. The summed E-state index contributed by atoms with van der Waals surface area (Å²) in [5.41, 5.74) is 7.04. The minimum atomic E-state index is -0.552. The average molecular weight is 291 g/mol. The molecule has 6 nitrogen and oxygen atoms in total. The van der Waals surface area contributed by atoms with E-state index < -0.39 is 12.1 Å². The summed E-state index contributed by atoms with van der Waals surface area (Å²) >= 11 is 0. The quantitative estimate of drug-likeness (QED) is 0.846. The number of carbonyl (C=O) groups excluding carboxylic acids is 2. The highest BCUT2D eigenvalue weighted by molar-refractivity contribution is 5.82. The number of amides is 2. The number of nitrogens with one attached hydrogen (secondary N) is 1. The molecule has 1 aliphatic rings. The second-order valence-electron chi connectivity index (χ2n) is 5.20. The lowest BCUT2D eigenvalue weighted by Crippen LogP contribution is -2.45. The molecule has 1 aromatic rings. The van der Waals surface area contributed by atoms with Gasteiger partial charge in [-0.3, -0.25) is 4.79 Å². The first-order chi connectivity index (χ1) is 10.1. The lowest BCUT2D eigenvalue weighted by Gasteiger charge is -2.21. The summed E-state index contributed by atoms with van der Waals surface area (Å²) in [7, 11) is 1.32. The molecule has 3 N–H and O–H groups in total. The summed E-state index contributed by atoms with van der Waals surface area (Å²) in [6.45, 7) is 1.09. The lowest BCUT2D eigenvalue weighted by molar-refractivity contribution is -0.131. The molecule has 0 aromatic heterocycles. The van der Waals surface area contributed by atoms with Crippen LogP contribution in [0.15, 0.2) is 30.3 Å². The van der Waals surface area contributed by atoms with Crippen molar-refractivity contribution >= 4 is 12.0 Å². The highest BCUT2D eigenvalue weighted by atomic mass is 16.5. The molecule has 1 saturated heterocycles. The van der Waals surface area contributed by atoms with Crippen LogP contribution in [0.4, 0.5) is 4.79 Å². The fourth-order valence-electron chi connectivity index (χ4n) is 2.49. The van der Waals surface area contributed by atoms with Gasteiger partial charge in [0, 0.05) is 13.1 Å². The summed E-state index contributed by atoms with van der Waals surface area (Å²) in [5.74, 6) is -0.0759. The molecule has 2 unspecified atom stereocenters. The molecular formula is C15H21N3O3. The number of likely N-dealkylation sites (tertiary alicyclic amines) is 1. The molecule has 1 heterocycles. The van der Waals surface area contributed by atoms with Crippen LogP contribution in [0.25, 0.3) is 0 Å². The SMILES string of the molecule is COC(=O)NC1CCN(C(=O)C(N)Cc2ccccc2)C1. The van der Waals surface area contributed by atoms with Crippen LogP contribution in [0.3, 0.4) is 0 Å². The maximum Gasteiger partial charge on any atom is 0.407 e. The summed E-state index contributed by atoms with van der Waals surface area (Å²) < 4.78 is 4.56. The Kier molecular flexibility index (Phi) is 5.16. The standard InChI is InChI=1S/C15H21N3O3/c1-21-15(20)17-12-7-8-18(10-12)14(19)13(16)9-11-5-3-2-4-6-11/h2-6,12-13H,7-10,16H2,1H3,(H,17,20). The molecule has 1 aromatic carbocycles. The maximum absolute atomic E-state index is 12.3. The number of nitrogens with zero attached hydrogens (tertiary/aromatic N) is 1. The van der Waals surface area contributed by atoms with Gasteiger partial charge in [0.05, 0.1) is 19.2 Å². The Balaban J connectivity index is 1.85. The summed E-state index contributed by atoms with van der Waals surface area (Å²) in [4.78, 5) is 25.2. The van der Waals surface area contributed by atoms with E-state index in [2.05, 4.69) is 10.1 Å². The van der Waals surface area contributed by atoms with E-state index in [-0.39, 0.29) is 11.9 Å². The van der Waals surface area contributed by atoms with Crippen LogP contribution in [-0.2, 0) is 16.0 Å². The van der Waals surface area contributed by atoms with Crippen molar-refractivity contribution in [1.29, 1.82) is 0 Å². The third-order valence-electron chi connectivity index (χ3n) is 3.62. The first-order valence-electron chi connectivity index (χ1n) is 7.03. The third-order valence-corrected chi connectivity index (χ3v) is 3.62. The van der Waals surface area contributed by atoms with Crippen molar-refractivity contribution in [3.8, 4) is 0 Å². The third kappa shape index (κ3) is 4.19. The molecule has 0 spiro atoms. The van der Waals surface area contributed by atoms with Gasteiger partial charge in [0.2, 0.25) is 5.91 Å². The van der Waals surface area contributed by atoms with E-state index in [1.54, 1.807) is 4.90 Å². The number of ether oxygens (including phenoxy) is 1. The van der Waals surface area contributed by atoms with Crippen molar-refractivity contribution in [3.63, 3.8) is 0 Å². The van der Waals surface area contributed by atoms with Crippen molar-refractivity contribution in [2.24, 2.45) is 5.73 Å². The van der Waals surface area contributed by atoms with Crippen molar-refractivity contribution in [1.82, 2.24) is 10.2 Å². The first-order valence-corrected chi connectivity index (χ1v) is 7.03. The largest absolute Gasteiger partial charge is 0.453 e. The molecule has 2 rings (SSSR count). The van der Waals surface area contributed by atoms with Gasteiger partial charge < -0.3 is 20.7 Å². The number of alkyl carbamates (subject to hydrolysis) is 1. The highest BCUT2D eigenvalue weighted by Crippen LogP contribution is 2.12. The fraction of sp³-hybridized carbons (Fsp3) is 0.467. The van der Waals surface area contributed by atoms with Gasteiger partial charge in [0.25, 0.3) is 0 Å². The molecule has 6 heteroatoms. The van der Waals surface area contributed by atoms with Crippen LogP contribution in [-0.4, -0.2) is 49.2 Å². The molecule has 0 radical (unpaired) electrons. The van der Waals surface area contributed by atoms with Crippen LogP contribution in [0, 0.1) is 0 Å². The first kappa shape index (κ1) is 15.3. The van der Waals surface area contributed by atoms with Crippen molar-refractivity contribution in [3.05, 3.63) is 35.9 Å². The Bertz CT molecular complexity index is 492. The van der Waals surface area contributed by atoms with Crippen molar-refractivity contribution in [2.75, 3.05) is 20.2 Å². The van der Waals surface area contributed by atoms with E-state index in [0.29, 0.717) is 19.5 Å². The Hall–Kier alpha value is -2.08. The number of rotatable bonds is 4. The highest BCUT2D eigenvalue weighted by Gasteiger charge is 2.30. The minimum Gasteiger partial charge on any atom is -0.453 e. The van der Waals surface area contributed by atoms with Gasteiger partial charge in [-0.05, 0) is 18.4 Å². The number of nitrogens with two attached hydrogens (primary N) is 1. The second-order valence-corrected chi connectivity index (χ2v) is 5.20. The Morgan fingerprint density at radius 2 is 2.14 bits per heavy atom. The zero-order chi connectivity index (χ0) is 15.2. The van der Waals surface area contributed by atoms with E-state index in [1.165, 1.54) is 7.11 Å². The topological polar surface area (TPSA) is 84.7 Å². The van der Waals surface area contributed by atoms with Crippen LogP contribution < -0.4 is 11.1 Å². The van der Waals surface area contributed by atoms with Gasteiger partial charge in [-0.1, -0.05) is 30.3 Å². The Morgan fingerprint density at radius 1 is 1.43 bits per heavy atom. The zero-order valence-corrected chi connectivity index (χ0v) is 12.1. The molecule has 0 bridgehead atoms. The predicted octanol–water partition coefficient (Wildman–Crippen LogP) is 0.513. The molecule has 2 amide bonds. The molecule has 0 saturated carbocycles. The Labute approximate surface area is 124 Å². The average Bonchev–Trinajstić information content (AvgIpc) is 2.95. The number of hydrogen-bond donors (Lipinski definition) is 2. The van der Waals surface area contributed by atoms with Crippen LogP contribution in [0.5, 0.6) is 0 Å². The molecular weight excluding hydrogens is 270 g/mol. The smallest absolute Gasteiger partial charge is 0.407 e. The molecule has 2 atom stereocenters.